The molecule has 0 saturated carbocycles. The van der Waals surface area contributed by atoms with Gasteiger partial charge in [-0.15, -0.1) is 0 Å². The highest BCUT2D eigenvalue weighted by molar-refractivity contribution is 7.80. The SMILES string of the molecule is CN(C)C1CCCN(CC(C)(C)CS)C1. The Hall–Kier alpha value is 0.270. The number of rotatable bonds is 4. The number of piperidine rings is 1. The fraction of sp³-hybridized carbons (Fsp3) is 1.00. The van der Waals surface area contributed by atoms with Crippen molar-refractivity contribution in [3.63, 3.8) is 0 Å². The van der Waals surface area contributed by atoms with Gasteiger partial charge in [-0.3, -0.25) is 0 Å². The molecule has 1 unspecified atom stereocenters. The molecule has 0 amide bonds. The van der Waals surface area contributed by atoms with E-state index in [9.17, 15) is 0 Å². The third-order valence-electron chi connectivity index (χ3n) is 3.29. The minimum Gasteiger partial charge on any atom is -0.305 e. The maximum Gasteiger partial charge on any atom is 0.0217 e. The van der Waals surface area contributed by atoms with Crippen molar-refractivity contribution in [3.8, 4) is 0 Å². The smallest absolute Gasteiger partial charge is 0.0217 e. The van der Waals surface area contributed by atoms with Gasteiger partial charge in [-0.05, 0) is 44.6 Å². The summed E-state index contributed by atoms with van der Waals surface area (Å²) in [5, 5.41) is 0. The highest BCUT2D eigenvalue weighted by Gasteiger charge is 2.26. The number of thiol groups is 1. The maximum atomic E-state index is 4.43. The largest absolute Gasteiger partial charge is 0.305 e. The van der Waals surface area contributed by atoms with Crippen LogP contribution in [0.5, 0.6) is 0 Å². The van der Waals surface area contributed by atoms with Crippen molar-refractivity contribution in [2.75, 3.05) is 39.5 Å². The molecule has 15 heavy (non-hydrogen) atoms. The fourth-order valence-electron chi connectivity index (χ4n) is 2.25. The summed E-state index contributed by atoms with van der Waals surface area (Å²) in [5.41, 5.74) is 0.345. The molecule has 1 saturated heterocycles. The maximum absolute atomic E-state index is 4.43. The summed E-state index contributed by atoms with van der Waals surface area (Å²) in [7, 11) is 4.38. The molecule has 0 bridgehead atoms. The minimum atomic E-state index is 0.345. The van der Waals surface area contributed by atoms with Gasteiger partial charge in [0.2, 0.25) is 0 Å². The highest BCUT2D eigenvalue weighted by atomic mass is 32.1. The van der Waals surface area contributed by atoms with Crippen LogP contribution in [0.1, 0.15) is 26.7 Å². The number of likely N-dealkylation sites (tertiary alicyclic amines) is 1. The van der Waals surface area contributed by atoms with E-state index in [1.165, 1.54) is 32.5 Å². The summed E-state index contributed by atoms with van der Waals surface area (Å²) in [6, 6.07) is 0.745. The van der Waals surface area contributed by atoms with Crippen LogP contribution in [0.3, 0.4) is 0 Å². The van der Waals surface area contributed by atoms with Crippen LogP contribution in [0.2, 0.25) is 0 Å². The molecular formula is C12H26N2S. The topological polar surface area (TPSA) is 6.48 Å². The molecule has 0 aromatic carbocycles. The Balaban J connectivity index is 2.43. The Kier molecular flexibility index (Phi) is 4.94. The lowest BCUT2D eigenvalue weighted by molar-refractivity contribution is 0.104. The van der Waals surface area contributed by atoms with Crippen molar-refractivity contribution >= 4 is 12.6 Å². The van der Waals surface area contributed by atoms with Gasteiger partial charge >= 0.3 is 0 Å². The van der Waals surface area contributed by atoms with E-state index in [4.69, 9.17) is 0 Å². The lowest BCUT2D eigenvalue weighted by Gasteiger charge is -2.39. The molecule has 0 N–H and O–H groups in total. The molecule has 0 aliphatic carbocycles. The molecule has 0 radical (unpaired) electrons. The van der Waals surface area contributed by atoms with Crippen LogP contribution in [-0.4, -0.2) is 55.3 Å². The molecule has 3 heteroatoms. The second-order valence-electron chi connectivity index (χ2n) is 5.82. The van der Waals surface area contributed by atoms with Crippen LogP contribution in [0.15, 0.2) is 0 Å². The van der Waals surface area contributed by atoms with Crippen molar-refractivity contribution in [3.05, 3.63) is 0 Å². The Morgan fingerprint density at radius 2 is 2.07 bits per heavy atom. The van der Waals surface area contributed by atoms with Crippen LogP contribution in [0.4, 0.5) is 0 Å². The zero-order chi connectivity index (χ0) is 11.5. The summed E-state index contributed by atoms with van der Waals surface area (Å²) >= 11 is 4.43. The molecule has 0 aromatic rings. The summed E-state index contributed by atoms with van der Waals surface area (Å²) in [6.07, 6.45) is 2.69. The zero-order valence-corrected chi connectivity index (χ0v) is 11.6. The van der Waals surface area contributed by atoms with Gasteiger partial charge in [0.25, 0.3) is 0 Å². The first-order chi connectivity index (χ1) is 6.94. The van der Waals surface area contributed by atoms with Crippen LogP contribution < -0.4 is 0 Å². The molecule has 90 valence electrons. The molecule has 2 nitrogen and oxygen atoms in total. The molecule has 1 heterocycles. The van der Waals surface area contributed by atoms with Crippen LogP contribution in [0.25, 0.3) is 0 Å². The average Bonchev–Trinajstić information content (AvgIpc) is 2.17. The summed E-state index contributed by atoms with van der Waals surface area (Å²) < 4.78 is 0. The second kappa shape index (κ2) is 5.55. The van der Waals surface area contributed by atoms with Crippen molar-refractivity contribution < 1.29 is 0 Å². The number of likely N-dealkylation sites (N-methyl/N-ethyl adjacent to an activating group) is 1. The van der Waals surface area contributed by atoms with E-state index < -0.39 is 0 Å². The normalized spacial score (nSPS) is 24.8. The summed E-state index contributed by atoms with van der Waals surface area (Å²) in [5.74, 6) is 0.968. The Morgan fingerprint density at radius 1 is 1.40 bits per heavy atom. The van der Waals surface area contributed by atoms with Crippen molar-refractivity contribution in [2.45, 2.75) is 32.7 Å². The predicted octanol–water partition coefficient (Wildman–Crippen LogP) is 1.97. The average molecular weight is 230 g/mol. The highest BCUT2D eigenvalue weighted by Crippen LogP contribution is 2.22. The van der Waals surface area contributed by atoms with E-state index in [1.54, 1.807) is 0 Å². The molecule has 1 atom stereocenters. The van der Waals surface area contributed by atoms with E-state index in [0.717, 1.165) is 11.8 Å². The number of nitrogens with zero attached hydrogens (tertiary/aromatic N) is 2. The number of hydrogen-bond donors (Lipinski definition) is 1. The molecule has 1 fully saturated rings. The molecule has 1 rings (SSSR count). The van der Waals surface area contributed by atoms with Gasteiger partial charge in [0, 0.05) is 19.1 Å². The monoisotopic (exact) mass is 230 g/mol. The third kappa shape index (κ3) is 4.33. The first kappa shape index (κ1) is 13.3. The second-order valence-corrected chi connectivity index (χ2v) is 6.13. The Morgan fingerprint density at radius 3 is 2.60 bits per heavy atom. The molecular weight excluding hydrogens is 204 g/mol. The fourth-order valence-corrected chi connectivity index (χ4v) is 2.35. The van der Waals surface area contributed by atoms with Crippen molar-refractivity contribution in [1.29, 1.82) is 0 Å². The first-order valence-electron chi connectivity index (χ1n) is 5.94. The number of hydrogen-bond acceptors (Lipinski definition) is 3. The van der Waals surface area contributed by atoms with E-state index in [-0.39, 0.29) is 0 Å². The first-order valence-corrected chi connectivity index (χ1v) is 6.57. The van der Waals surface area contributed by atoms with Gasteiger partial charge < -0.3 is 9.80 Å². The standard InChI is InChI=1S/C12H26N2S/c1-12(2,10-15)9-14-7-5-6-11(8-14)13(3)4/h11,15H,5-10H2,1-4H3. The third-order valence-corrected chi connectivity index (χ3v) is 4.15. The van der Waals surface area contributed by atoms with Crippen molar-refractivity contribution in [2.24, 2.45) is 5.41 Å². The summed E-state index contributed by atoms with van der Waals surface area (Å²) in [4.78, 5) is 4.96. The Labute approximate surface area is 100 Å². The van der Waals surface area contributed by atoms with Gasteiger partial charge in [-0.25, -0.2) is 0 Å². The molecule has 1 aliphatic rings. The van der Waals surface area contributed by atoms with Crippen LogP contribution in [-0.2, 0) is 0 Å². The van der Waals surface area contributed by atoms with Gasteiger partial charge in [0.15, 0.2) is 0 Å². The zero-order valence-electron chi connectivity index (χ0n) is 10.7. The van der Waals surface area contributed by atoms with Gasteiger partial charge in [-0.2, -0.15) is 12.6 Å². The van der Waals surface area contributed by atoms with E-state index in [1.807, 2.05) is 0 Å². The lowest BCUT2D eigenvalue weighted by atomic mass is 9.93. The molecule has 0 aromatic heterocycles. The predicted molar refractivity (Wildman–Crippen MR) is 70.8 cm³/mol. The van der Waals surface area contributed by atoms with E-state index in [2.05, 4.69) is 50.4 Å². The van der Waals surface area contributed by atoms with Crippen LogP contribution >= 0.6 is 12.6 Å². The quantitative estimate of drug-likeness (QED) is 0.738. The van der Waals surface area contributed by atoms with Crippen LogP contribution in [0, 0.1) is 5.41 Å². The van der Waals surface area contributed by atoms with Crippen molar-refractivity contribution in [1.82, 2.24) is 9.80 Å². The van der Waals surface area contributed by atoms with E-state index in [0.29, 0.717) is 5.41 Å². The summed E-state index contributed by atoms with van der Waals surface area (Å²) in [6.45, 7) is 8.28. The van der Waals surface area contributed by atoms with E-state index >= 15 is 0 Å². The Bertz CT molecular complexity index is 192. The molecule has 1 aliphatic heterocycles. The van der Waals surface area contributed by atoms with Gasteiger partial charge in [-0.1, -0.05) is 13.8 Å². The molecule has 0 spiro atoms. The van der Waals surface area contributed by atoms with Gasteiger partial charge in [0.1, 0.15) is 0 Å². The minimum absolute atomic E-state index is 0.345. The lowest BCUT2D eigenvalue weighted by Crippen LogP contribution is -2.48. The van der Waals surface area contributed by atoms with Gasteiger partial charge in [0.05, 0.1) is 0 Å².